The molecule has 4 aliphatic rings. The Morgan fingerprint density at radius 2 is 0.944 bits per heavy atom. The molecule has 0 saturated carbocycles. The molecule has 0 aliphatic carbocycles. The molecule has 23 nitrogen and oxygen atoms in total. The maximum atomic E-state index is 13.7. The highest BCUT2D eigenvalue weighted by molar-refractivity contribution is 5.77. The number of aliphatic hydroxyl groups excluding tert-OH is 6. The molecule has 54 heavy (non-hydrogen) atoms. The molecule has 4 heterocycles. The van der Waals surface area contributed by atoms with Crippen molar-refractivity contribution >= 4 is 29.8 Å². The average Bonchev–Trinajstić information content (AvgIpc) is 3.14. The van der Waals surface area contributed by atoms with Crippen molar-refractivity contribution in [2.45, 2.75) is 99.1 Å². The number of piperazine rings is 2. The van der Waals surface area contributed by atoms with Crippen LogP contribution in [-0.2, 0) is 28.7 Å². The molecule has 12 atom stereocenters. The molecule has 308 valence electrons. The van der Waals surface area contributed by atoms with Crippen LogP contribution in [0.4, 0.5) is 4.79 Å². The second kappa shape index (κ2) is 17.6. The summed E-state index contributed by atoms with van der Waals surface area (Å²) in [6.07, 6.45) is -11.8. The van der Waals surface area contributed by atoms with Gasteiger partial charge in [0.2, 0.25) is 11.8 Å². The minimum atomic E-state index is -2.83. The third kappa shape index (κ3) is 9.37. The summed E-state index contributed by atoms with van der Waals surface area (Å²) in [6, 6.07) is -4.58. The first-order valence-corrected chi connectivity index (χ1v) is 17.5. The lowest BCUT2D eigenvalue weighted by molar-refractivity contribution is -0.290. The number of hydrogen-bond donors (Lipinski definition) is 12. The van der Waals surface area contributed by atoms with Crippen LogP contribution < -0.4 is 10.6 Å². The van der Waals surface area contributed by atoms with Gasteiger partial charge in [-0.15, -0.1) is 0 Å². The number of hydrogen-bond acceptors (Lipinski definition) is 17. The summed E-state index contributed by atoms with van der Waals surface area (Å²) in [5, 5.41) is 107. The number of ether oxygens (including phenoxy) is 2. The fraction of sp³-hybridized carbons (Fsp3) is 0.839. The van der Waals surface area contributed by atoms with Gasteiger partial charge in [0.1, 0.15) is 36.6 Å². The van der Waals surface area contributed by atoms with Crippen molar-refractivity contribution < 1.29 is 84.5 Å². The molecule has 0 aromatic heterocycles. The van der Waals surface area contributed by atoms with Crippen LogP contribution in [0.25, 0.3) is 0 Å². The second-order valence-corrected chi connectivity index (χ2v) is 14.1. The van der Waals surface area contributed by atoms with E-state index in [9.17, 15) is 75.0 Å². The lowest BCUT2D eigenvalue weighted by Gasteiger charge is -2.52. The zero-order chi connectivity index (χ0) is 40.3. The van der Waals surface area contributed by atoms with Gasteiger partial charge < -0.3 is 81.0 Å². The van der Waals surface area contributed by atoms with E-state index in [1.807, 2.05) is 0 Å². The van der Waals surface area contributed by atoms with Crippen molar-refractivity contribution in [2.75, 3.05) is 65.6 Å². The first kappa shape index (κ1) is 43.4. The average molecular weight is 781 g/mol. The third-order valence-electron chi connectivity index (χ3n) is 10.5. The van der Waals surface area contributed by atoms with Crippen molar-refractivity contribution in [1.82, 2.24) is 30.2 Å². The highest BCUT2D eigenvalue weighted by Gasteiger charge is 2.57. The van der Waals surface area contributed by atoms with Crippen LogP contribution in [0.2, 0.25) is 0 Å². The molecular formula is C31H52N6O17. The number of aliphatic hydroxyl groups is 8. The third-order valence-corrected chi connectivity index (χ3v) is 10.5. The standard InChI is InChI=1S/C31H52N6O17/c1-15(40)32-21-17(11-30(51,27(46)47)53-25(21)23(44)19(42)13-38)34-3-7-36(8-4-34)29(50)37-9-5-35(6-10-37)18-12-31(52,28(48)49)54-26(22(18)33-16(2)41)24(45)20(43)14-39/h17-26,38-39,42-45,51-52H,3-14H2,1-2H3,(H,32,40)(H,33,41)(H,46,47)(H,48,49)/t17-,18-,19+,20+,21+,22+,23+,24+,25+,26+,30-,31-/m0/s1. The summed E-state index contributed by atoms with van der Waals surface area (Å²) in [5.74, 6) is -10.4. The Labute approximate surface area is 309 Å². The highest BCUT2D eigenvalue weighted by Crippen LogP contribution is 2.35. The topological polar surface area (TPSA) is 343 Å². The van der Waals surface area contributed by atoms with Gasteiger partial charge in [-0.2, -0.15) is 0 Å². The SMILES string of the molecule is CC(=O)N[C@H]1[C@H]([C@H](O)[C@H](O)CO)O[C@](O)(C(=O)O)C[C@@H]1N1CCN(C(=O)N2CCN([C@H]3C[C@@](O)(C(=O)O)O[C@@H]([C@H](O)[C@H](O)CO)[C@@H]3NC(C)=O)CC2)CC1. The summed E-state index contributed by atoms with van der Waals surface area (Å²) in [6.45, 7) is 1.49. The number of carbonyl (C=O) groups is 5. The molecular weight excluding hydrogens is 728 g/mol. The molecule has 0 aromatic rings. The van der Waals surface area contributed by atoms with E-state index in [-0.39, 0.29) is 58.4 Å². The monoisotopic (exact) mass is 780 g/mol. The molecule has 0 radical (unpaired) electrons. The fourth-order valence-electron chi connectivity index (χ4n) is 7.67. The van der Waals surface area contributed by atoms with Crippen LogP contribution in [0.5, 0.6) is 0 Å². The Morgan fingerprint density at radius 1 is 0.630 bits per heavy atom. The van der Waals surface area contributed by atoms with Crippen molar-refractivity contribution in [2.24, 2.45) is 0 Å². The normalized spacial score (nSPS) is 35.0. The Kier molecular flexibility index (Phi) is 14.2. The van der Waals surface area contributed by atoms with Crippen molar-refractivity contribution in [1.29, 1.82) is 0 Å². The van der Waals surface area contributed by atoms with Gasteiger partial charge in [-0.1, -0.05) is 0 Å². The van der Waals surface area contributed by atoms with Crippen LogP contribution in [0.15, 0.2) is 0 Å². The quantitative estimate of drug-likeness (QED) is 0.0875. The first-order chi connectivity index (χ1) is 25.3. The Balaban J connectivity index is 1.45. The molecule has 0 spiro atoms. The van der Waals surface area contributed by atoms with Crippen LogP contribution in [0.1, 0.15) is 26.7 Å². The number of carboxylic acids is 2. The van der Waals surface area contributed by atoms with E-state index >= 15 is 0 Å². The van der Waals surface area contributed by atoms with E-state index in [0.29, 0.717) is 0 Å². The summed E-state index contributed by atoms with van der Waals surface area (Å²) >= 11 is 0. The zero-order valence-electron chi connectivity index (χ0n) is 29.9. The number of urea groups is 1. The number of aliphatic carboxylic acids is 2. The lowest BCUT2D eigenvalue weighted by Crippen LogP contribution is -2.72. The minimum Gasteiger partial charge on any atom is -0.477 e. The van der Waals surface area contributed by atoms with E-state index in [2.05, 4.69) is 10.6 Å². The lowest BCUT2D eigenvalue weighted by atomic mass is 9.85. The summed E-state index contributed by atoms with van der Waals surface area (Å²) < 4.78 is 10.7. The molecule has 4 amide bonds. The molecule has 23 heteroatoms. The van der Waals surface area contributed by atoms with Crippen LogP contribution in [-0.4, -0.2) is 238 Å². The van der Waals surface area contributed by atoms with Crippen molar-refractivity contribution in [3.05, 3.63) is 0 Å². The number of nitrogens with zero attached hydrogens (tertiary/aromatic N) is 4. The molecule has 0 aromatic carbocycles. The van der Waals surface area contributed by atoms with E-state index < -0.39 is 122 Å². The molecule has 4 fully saturated rings. The van der Waals surface area contributed by atoms with Gasteiger partial charge in [0, 0.05) is 91.1 Å². The maximum absolute atomic E-state index is 13.7. The van der Waals surface area contributed by atoms with Gasteiger partial charge in [0.05, 0.1) is 25.3 Å². The van der Waals surface area contributed by atoms with E-state index in [4.69, 9.17) is 9.47 Å². The van der Waals surface area contributed by atoms with E-state index in [1.165, 1.54) is 23.6 Å². The fourth-order valence-corrected chi connectivity index (χ4v) is 7.67. The smallest absolute Gasteiger partial charge is 0.364 e. The summed E-state index contributed by atoms with van der Waals surface area (Å²) in [4.78, 5) is 68.7. The first-order valence-electron chi connectivity index (χ1n) is 17.5. The van der Waals surface area contributed by atoms with Gasteiger partial charge in [-0.3, -0.25) is 19.4 Å². The Morgan fingerprint density at radius 3 is 1.20 bits per heavy atom. The summed E-state index contributed by atoms with van der Waals surface area (Å²) in [5.41, 5.74) is 0. The minimum absolute atomic E-state index is 0.115. The number of carbonyl (C=O) groups excluding carboxylic acids is 3. The molecule has 0 unspecified atom stereocenters. The molecule has 4 rings (SSSR count). The van der Waals surface area contributed by atoms with Gasteiger partial charge in [-0.05, 0) is 0 Å². The van der Waals surface area contributed by atoms with Gasteiger partial charge in [0.25, 0.3) is 11.6 Å². The Hall–Kier alpha value is -3.33. The van der Waals surface area contributed by atoms with Crippen LogP contribution in [0.3, 0.4) is 0 Å². The predicted octanol–water partition coefficient (Wildman–Crippen LogP) is -7.36. The zero-order valence-corrected chi connectivity index (χ0v) is 29.9. The molecule has 12 N–H and O–H groups in total. The van der Waals surface area contributed by atoms with Gasteiger partial charge in [0.15, 0.2) is 0 Å². The molecule has 4 saturated heterocycles. The number of amides is 4. The predicted molar refractivity (Wildman–Crippen MR) is 177 cm³/mol. The van der Waals surface area contributed by atoms with Crippen molar-refractivity contribution in [3.63, 3.8) is 0 Å². The van der Waals surface area contributed by atoms with E-state index in [0.717, 1.165) is 0 Å². The van der Waals surface area contributed by atoms with Gasteiger partial charge >= 0.3 is 18.0 Å². The maximum Gasteiger partial charge on any atom is 0.364 e. The number of nitrogens with one attached hydrogen (secondary N) is 2. The highest BCUT2D eigenvalue weighted by atomic mass is 16.7. The molecule has 0 bridgehead atoms. The number of carboxylic acid groups (broad SMARTS) is 2. The largest absolute Gasteiger partial charge is 0.477 e. The molecule has 4 aliphatic heterocycles. The van der Waals surface area contributed by atoms with E-state index in [1.54, 1.807) is 9.80 Å². The summed E-state index contributed by atoms with van der Waals surface area (Å²) in [7, 11) is 0. The van der Waals surface area contributed by atoms with Crippen LogP contribution >= 0.6 is 0 Å². The second-order valence-electron chi connectivity index (χ2n) is 14.1. The van der Waals surface area contributed by atoms with Crippen LogP contribution in [0, 0.1) is 0 Å². The van der Waals surface area contributed by atoms with Crippen molar-refractivity contribution in [3.8, 4) is 0 Å². The van der Waals surface area contributed by atoms with Gasteiger partial charge in [-0.25, -0.2) is 14.4 Å². The Bertz CT molecular complexity index is 1270. The number of rotatable bonds is 12.